The molecule has 29 heavy (non-hydrogen) atoms. The van der Waals surface area contributed by atoms with Crippen LogP contribution in [0.15, 0.2) is 48.2 Å². The van der Waals surface area contributed by atoms with Crippen LogP contribution in [0, 0.1) is 16.7 Å². The molecule has 0 aliphatic heterocycles. The van der Waals surface area contributed by atoms with Crippen LogP contribution < -0.4 is 0 Å². The van der Waals surface area contributed by atoms with Gasteiger partial charge in [-0.2, -0.15) is 0 Å². The van der Waals surface area contributed by atoms with E-state index in [1.54, 1.807) is 0 Å². The van der Waals surface area contributed by atoms with Crippen molar-refractivity contribution in [2.24, 2.45) is 16.7 Å². The predicted molar refractivity (Wildman–Crippen MR) is 129 cm³/mol. The fraction of sp³-hybridized carbons (Fsp3) is 0.607. The van der Waals surface area contributed by atoms with Gasteiger partial charge in [-0.3, -0.25) is 4.98 Å². The van der Waals surface area contributed by atoms with E-state index in [-0.39, 0.29) is 16.2 Å². The summed E-state index contributed by atoms with van der Waals surface area (Å²) in [4.78, 5) is 4.88. The van der Waals surface area contributed by atoms with E-state index in [0.29, 0.717) is 5.92 Å². The van der Waals surface area contributed by atoms with Crippen LogP contribution >= 0.6 is 0 Å². The van der Waals surface area contributed by atoms with Crippen LogP contribution in [0.3, 0.4) is 0 Å². The number of rotatable bonds is 6. The molecule has 0 bridgehead atoms. The van der Waals surface area contributed by atoms with Crippen molar-refractivity contribution in [1.82, 2.24) is 4.98 Å². The largest absolute Gasteiger partial charge is 0.257 e. The van der Waals surface area contributed by atoms with E-state index in [4.69, 9.17) is 4.98 Å². The second kappa shape index (κ2) is 9.02. The summed E-state index contributed by atoms with van der Waals surface area (Å²) in [6.07, 6.45) is 16.3. The van der Waals surface area contributed by atoms with E-state index in [1.165, 1.54) is 29.6 Å². The molecule has 1 nitrogen and oxygen atoms in total. The van der Waals surface area contributed by atoms with E-state index in [1.807, 2.05) is 6.20 Å². The summed E-state index contributed by atoms with van der Waals surface area (Å²) < 4.78 is 0. The van der Waals surface area contributed by atoms with Crippen LogP contribution in [0.4, 0.5) is 0 Å². The normalized spacial score (nSPS) is 20.4. The Hall–Kier alpha value is -1.63. The average Bonchev–Trinajstić information content (AvgIpc) is 2.65. The minimum Gasteiger partial charge on any atom is -0.257 e. The molecule has 1 aromatic rings. The van der Waals surface area contributed by atoms with Crippen LogP contribution in [0.1, 0.15) is 99.3 Å². The Balaban J connectivity index is 2.63. The van der Waals surface area contributed by atoms with Crippen molar-refractivity contribution in [3.8, 4) is 0 Å². The number of hydrogen-bond donors (Lipinski definition) is 0. The van der Waals surface area contributed by atoms with Crippen molar-refractivity contribution in [3.05, 3.63) is 59.5 Å². The van der Waals surface area contributed by atoms with Gasteiger partial charge in [-0.15, -0.1) is 0 Å². The molecule has 1 aliphatic carbocycles. The lowest BCUT2D eigenvalue weighted by atomic mass is 9.64. The topological polar surface area (TPSA) is 12.9 Å². The van der Waals surface area contributed by atoms with Gasteiger partial charge in [-0.25, -0.2) is 0 Å². The molecule has 160 valence electrons. The third kappa shape index (κ3) is 5.71. The number of aromatic nitrogens is 1. The summed E-state index contributed by atoms with van der Waals surface area (Å²) in [5.41, 5.74) is 5.79. The summed E-state index contributed by atoms with van der Waals surface area (Å²) >= 11 is 0. The summed E-state index contributed by atoms with van der Waals surface area (Å²) in [6, 6.07) is 4.50. The smallest absolute Gasteiger partial charge is 0.0667 e. The fourth-order valence-electron chi connectivity index (χ4n) is 4.45. The highest BCUT2D eigenvalue weighted by molar-refractivity contribution is 5.71. The van der Waals surface area contributed by atoms with Gasteiger partial charge in [0.05, 0.1) is 5.69 Å². The highest BCUT2D eigenvalue weighted by atomic mass is 14.7. The van der Waals surface area contributed by atoms with Crippen molar-refractivity contribution < 1.29 is 0 Å². The van der Waals surface area contributed by atoms with E-state index >= 15 is 0 Å². The van der Waals surface area contributed by atoms with E-state index in [2.05, 4.69) is 98.8 Å². The van der Waals surface area contributed by atoms with E-state index in [0.717, 1.165) is 18.5 Å². The molecule has 0 amide bonds. The standard InChI is InChI=1S/C28H43N/c1-10-12-17-28(9,16-11-2)24-14-13-21(26(3,4)5)19-23(24)25-20-22(15-18-29-25)27(6,7)8/h12-13,15,17-20,24H,10-11,14,16H2,1-9H3. The Labute approximate surface area is 180 Å². The van der Waals surface area contributed by atoms with Gasteiger partial charge in [0.1, 0.15) is 0 Å². The molecule has 1 aromatic heterocycles. The third-order valence-corrected chi connectivity index (χ3v) is 6.37. The molecule has 0 N–H and O–H groups in total. The quantitative estimate of drug-likeness (QED) is 0.441. The predicted octanol–water partition coefficient (Wildman–Crippen LogP) is 8.53. The SMILES string of the molecule is CCC=CC(C)(CCC)C1CC=C(C(C)(C)C)C=C1c1cc(C(C)(C)C)ccn1. The maximum atomic E-state index is 4.88. The number of pyridine rings is 1. The molecular weight excluding hydrogens is 350 g/mol. The molecule has 0 spiro atoms. The first-order valence-corrected chi connectivity index (χ1v) is 11.5. The summed E-state index contributed by atoms with van der Waals surface area (Å²) in [5.74, 6) is 0.457. The van der Waals surface area contributed by atoms with E-state index in [9.17, 15) is 0 Å². The molecule has 0 aromatic carbocycles. The van der Waals surface area contributed by atoms with Gasteiger partial charge < -0.3 is 0 Å². The van der Waals surface area contributed by atoms with Gasteiger partial charge in [0, 0.05) is 6.20 Å². The molecular formula is C28H43N. The highest BCUT2D eigenvalue weighted by Crippen LogP contribution is 2.48. The maximum Gasteiger partial charge on any atom is 0.0667 e. The molecule has 0 saturated carbocycles. The Morgan fingerprint density at radius 2 is 1.72 bits per heavy atom. The first-order chi connectivity index (χ1) is 13.4. The molecule has 0 fully saturated rings. The third-order valence-electron chi connectivity index (χ3n) is 6.37. The van der Waals surface area contributed by atoms with E-state index < -0.39 is 0 Å². The first kappa shape index (κ1) is 23.6. The molecule has 0 saturated heterocycles. The second-order valence-electron chi connectivity index (χ2n) is 11.0. The molecule has 0 radical (unpaired) electrons. The minimum atomic E-state index is 0.125. The Bertz CT molecular complexity index is 779. The number of nitrogens with zero attached hydrogens (tertiary/aromatic N) is 1. The monoisotopic (exact) mass is 393 g/mol. The molecule has 1 heterocycles. The first-order valence-electron chi connectivity index (χ1n) is 11.5. The minimum absolute atomic E-state index is 0.125. The maximum absolute atomic E-state index is 4.88. The van der Waals surface area contributed by atoms with Crippen molar-refractivity contribution in [2.45, 2.75) is 93.4 Å². The number of allylic oxidation sites excluding steroid dienone is 6. The van der Waals surface area contributed by atoms with Crippen molar-refractivity contribution in [1.29, 1.82) is 0 Å². The molecule has 2 rings (SSSR count). The number of hydrogen-bond acceptors (Lipinski definition) is 1. The van der Waals surface area contributed by atoms with Gasteiger partial charge in [0.15, 0.2) is 0 Å². The Kier molecular flexibility index (Phi) is 7.36. The van der Waals surface area contributed by atoms with Crippen LogP contribution in [0.5, 0.6) is 0 Å². The zero-order chi connectivity index (χ0) is 21.9. The van der Waals surface area contributed by atoms with Gasteiger partial charge in [0.25, 0.3) is 0 Å². The fourth-order valence-corrected chi connectivity index (χ4v) is 4.45. The van der Waals surface area contributed by atoms with Crippen LogP contribution in [0.2, 0.25) is 0 Å². The lowest BCUT2D eigenvalue weighted by molar-refractivity contribution is 0.287. The van der Waals surface area contributed by atoms with Crippen LogP contribution in [-0.2, 0) is 5.41 Å². The van der Waals surface area contributed by atoms with Gasteiger partial charge in [0.2, 0.25) is 0 Å². The van der Waals surface area contributed by atoms with Gasteiger partial charge in [-0.1, -0.05) is 93.0 Å². The average molecular weight is 394 g/mol. The zero-order valence-electron chi connectivity index (χ0n) is 20.4. The van der Waals surface area contributed by atoms with Crippen LogP contribution in [-0.4, -0.2) is 4.98 Å². The molecule has 1 aliphatic rings. The zero-order valence-corrected chi connectivity index (χ0v) is 20.4. The summed E-state index contributed by atoms with van der Waals surface area (Å²) in [5, 5.41) is 0. The molecule has 2 atom stereocenters. The Morgan fingerprint density at radius 1 is 1.03 bits per heavy atom. The van der Waals surface area contributed by atoms with Crippen molar-refractivity contribution >= 4 is 5.57 Å². The lowest BCUT2D eigenvalue weighted by Crippen LogP contribution is -2.29. The van der Waals surface area contributed by atoms with Crippen molar-refractivity contribution in [2.75, 3.05) is 0 Å². The summed E-state index contributed by atoms with van der Waals surface area (Å²) in [6.45, 7) is 20.8. The molecule has 2 unspecified atom stereocenters. The van der Waals surface area contributed by atoms with Gasteiger partial charge >= 0.3 is 0 Å². The lowest BCUT2D eigenvalue weighted by Gasteiger charge is -2.40. The van der Waals surface area contributed by atoms with Crippen molar-refractivity contribution in [3.63, 3.8) is 0 Å². The van der Waals surface area contributed by atoms with Gasteiger partial charge in [-0.05, 0) is 70.3 Å². The Morgan fingerprint density at radius 3 is 2.28 bits per heavy atom. The second-order valence-corrected chi connectivity index (χ2v) is 11.0. The van der Waals surface area contributed by atoms with Crippen LogP contribution in [0.25, 0.3) is 5.57 Å². The highest BCUT2D eigenvalue weighted by Gasteiger charge is 2.37. The molecule has 1 heteroatoms. The summed E-state index contributed by atoms with van der Waals surface area (Å²) in [7, 11) is 0.